The zero-order valence-electron chi connectivity index (χ0n) is 13.2. The summed E-state index contributed by atoms with van der Waals surface area (Å²) in [5.41, 5.74) is 1.86. The highest BCUT2D eigenvalue weighted by molar-refractivity contribution is 5.98. The maximum atomic E-state index is 12.5. The van der Waals surface area contributed by atoms with Gasteiger partial charge in [-0.2, -0.15) is 5.10 Å². The molecule has 0 aliphatic rings. The molecule has 6 nitrogen and oxygen atoms in total. The molecule has 3 aromatic rings. The predicted molar refractivity (Wildman–Crippen MR) is 85.3 cm³/mol. The first-order valence-electron chi connectivity index (χ1n) is 7.22. The first-order valence-corrected chi connectivity index (χ1v) is 7.22. The number of esters is 1. The third-order valence-corrected chi connectivity index (χ3v) is 3.69. The lowest BCUT2D eigenvalue weighted by molar-refractivity contribution is 0.0334. The Hall–Kier alpha value is -2.89. The number of aryl methyl sites for hydroxylation is 1. The Balaban J connectivity index is 1.92. The number of ether oxygens (including phenoxy) is 2. The SMILES string of the molecule is COc1c(C(=O)O[C@@H](C)c2ccccc2)cnc2c1cnn2C. The maximum absolute atomic E-state index is 12.5. The van der Waals surface area contributed by atoms with Crippen LogP contribution in [0, 0.1) is 0 Å². The fourth-order valence-corrected chi connectivity index (χ4v) is 2.46. The summed E-state index contributed by atoms with van der Waals surface area (Å²) in [5.74, 6) is -0.0511. The zero-order chi connectivity index (χ0) is 16.4. The Morgan fingerprint density at radius 1 is 1.22 bits per heavy atom. The summed E-state index contributed by atoms with van der Waals surface area (Å²) in [6.07, 6.45) is 2.72. The van der Waals surface area contributed by atoms with Gasteiger partial charge >= 0.3 is 5.97 Å². The summed E-state index contributed by atoms with van der Waals surface area (Å²) in [6, 6.07) is 9.56. The Morgan fingerprint density at radius 3 is 2.65 bits per heavy atom. The van der Waals surface area contributed by atoms with Crippen molar-refractivity contribution in [1.82, 2.24) is 14.8 Å². The van der Waals surface area contributed by atoms with Gasteiger partial charge in [0.25, 0.3) is 0 Å². The molecule has 2 aromatic heterocycles. The van der Waals surface area contributed by atoms with E-state index in [0.717, 1.165) is 5.56 Å². The highest BCUT2D eigenvalue weighted by Crippen LogP contribution is 2.29. The van der Waals surface area contributed by atoms with Crippen LogP contribution < -0.4 is 4.74 Å². The lowest BCUT2D eigenvalue weighted by Crippen LogP contribution is -2.11. The lowest BCUT2D eigenvalue weighted by Gasteiger charge is -2.15. The number of aromatic nitrogens is 3. The quantitative estimate of drug-likeness (QED) is 0.693. The molecule has 0 saturated heterocycles. The van der Waals surface area contributed by atoms with Crippen LogP contribution >= 0.6 is 0 Å². The Morgan fingerprint density at radius 2 is 1.96 bits per heavy atom. The molecule has 6 heteroatoms. The van der Waals surface area contributed by atoms with E-state index in [2.05, 4.69) is 10.1 Å². The normalized spacial score (nSPS) is 12.1. The van der Waals surface area contributed by atoms with Crippen molar-refractivity contribution in [2.24, 2.45) is 7.05 Å². The fourth-order valence-electron chi connectivity index (χ4n) is 2.46. The minimum absolute atomic E-state index is 0.288. The van der Waals surface area contributed by atoms with Gasteiger partial charge in [0.05, 0.1) is 18.7 Å². The second kappa shape index (κ2) is 6.08. The molecule has 0 bridgehead atoms. The van der Waals surface area contributed by atoms with Gasteiger partial charge in [-0.05, 0) is 12.5 Å². The highest BCUT2D eigenvalue weighted by atomic mass is 16.5. The van der Waals surface area contributed by atoms with Crippen molar-refractivity contribution in [3.63, 3.8) is 0 Å². The molecule has 23 heavy (non-hydrogen) atoms. The van der Waals surface area contributed by atoms with E-state index >= 15 is 0 Å². The van der Waals surface area contributed by atoms with Crippen LogP contribution in [0.4, 0.5) is 0 Å². The fraction of sp³-hybridized carbons (Fsp3) is 0.235. The number of benzene rings is 1. The van der Waals surface area contributed by atoms with Gasteiger partial charge in [0, 0.05) is 13.2 Å². The summed E-state index contributed by atoms with van der Waals surface area (Å²) in [5, 5.41) is 4.81. The van der Waals surface area contributed by atoms with Crippen LogP contribution in [0.5, 0.6) is 5.75 Å². The molecular weight excluding hydrogens is 294 g/mol. The molecule has 1 atom stereocenters. The van der Waals surface area contributed by atoms with E-state index in [1.807, 2.05) is 37.3 Å². The van der Waals surface area contributed by atoms with Crippen molar-refractivity contribution in [3.8, 4) is 5.75 Å². The second-order valence-electron chi connectivity index (χ2n) is 5.17. The van der Waals surface area contributed by atoms with Gasteiger partial charge in [0.15, 0.2) is 5.65 Å². The molecular formula is C17H17N3O3. The average molecular weight is 311 g/mol. The predicted octanol–water partition coefficient (Wildman–Crippen LogP) is 2.89. The second-order valence-corrected chi connectivity index (χ2v) is 5.17. The first-order chi connectivity index (χ1) is 11.1. The first kappa shape index (κ1) is 15.0. The van der Waals surface area contributed by atoms with Gasteiger partial charge in [-0.3, -0.25) is 4.68 Å². The highest BCUT2D eigenvalue weighted by Gasteiger charge is 2.21. The molecule has 0 amide bonds. The van der Waals surface area contributed by atoms with E-state index in [0.29, 0.717) is 16.8 Å². The van der Waals surface area contributed by atoms with Crippen LogP contribution in [0.2, 0.25) is 0 Å². The van der Waals surface area contributed by atoms with E-state index in [-0.39, 0.29) is 11.7 Å². The molecule has 3 rings (SSSR count). The van der Waals surface area contributed by atoms with Crippen molar-refractivity contribution in [2.75, 3.05) is 7.11 Å². The number of carbonyl (C=O) groups excluding carboxylic acids is 1. The monoisotopic (exact) mass is 311 g/mol. The molecule has 0 N–H and O–H groups in total. The number of fused-ring (bicyclic) bond motifs is 1. The molecule has 0 saturated carbocycles. The molecule has 118 valence electrons. The van der Waals surface area contributed by atoms with E-state index in [1.54, 1.807) is 17.9 Å². The maximum Gasteiger partial charge on any atom is 0.344 e. The molecule has 0 aliphatic carbocycles. The van der Waals surface area contributed by atoms with Gasteiger partial charge in [0.2, 0.25) is 0 Å². The lowest BCUT2D eigenvalue weighted by atomic mass is 10.1. The van der Waals surface area contributed by atoms with Crippen molar-refractivity contribution < 1.29 is 14.3 Å². The minimum atomic E-state index is -0.476. The van der Waals surface area contributed by atoms with Crippen LogP contribution in [0.15, 0.2) is 42.7 Å². The van der Waals surface area contributed by atoms with Gasteiger partial charge in [-0.15, -0.1) is 0 Å². The number of methoxy groups -OCH3 is 1. The number of rotatable bonds is 4. The summed E-state index contributed by atoms with van der Waals surface area (Å²) in [4.78, 5) is 16.8. The third kappa shape index (κ3) is 2.75. The minimum Gasteiger partial charge on any atom is -0.495 e. The van der Waals surface area contributed by atoms with Crippen molar-refractivity contribution in [1.29, 1.82) is 0 Å². The number of carbonyl (C=O) groups is 1. The van der Waals surface area contributed by atoms with Crippen LogP contribution in [0.3, 0.4) is 0 Å². The molecule has 0 spiro atoms. The van der Waals surface area contributed by atoms with Crippen LogP contribution in [-0.4, -0.2) is 27.8 Å². The Bertz CT molecular complexity index is 843. The molecule has 2 heterocycles. The smallest absolute Gasteiger partial charge is 0.344 e. The van der Waals surface area contributed by atoms with Gasteiger partial charge in [0.1, 0.15) is 17.4 Å². The van der Waals surface area contributed by atoms with Crippen LogP contribution in [-0.2, 0) is 11.8 Å². The molecule has 1 aromatic carbocycles. The Labute approximate surface area is 133 Å². The summed E-state index contributed by atoms with van der Waals surface area (Å²) in [6.45, 7) is 1.83. The summed E-state index contributed by atoms with van der Waals surface area (Å²) < 4.78 is 12.5. The summed E-state index contributed by atoms with van der Waals surface area (Å²) >= 11 is 0. The van der Waals surface area contributed by atoms with Crippen molar-refractivity contribution in [3.05, 3.63) is 53.9 Å². The van der Waals surface area contributed by atoms with E-state index in [9.17, 15) is 4.79 Å². The number of hydrogen-bond donors (Lipinski definition) is 0. The standard InChI is InChI=1S/C17H17N3O3/c1-11(12-7-5-4-6-8-12)23-17(21)14-9-18-16-13(15(14)22-3)10-19-20(16)2/h4-11H,1-3H3/t11-/m0/s1. The van der Waals surface area contributed by atoms with Crippen molar-refractivity contribution >= 4 is 17.0 Å². The topological polar surface area (TPSA) is 66.2 Å². The average Bonchev–Trinajstić information content (AvgIpc) is 2.96. The van der Waals surface area contributed by atoms with Crippen molar-refractivity contribution in [2.45, 2.75) is 13.0 Å². The Kier molecular flexibility index (Phi) is 3.97. The van der Waals surface area contributed by atoms with Gasteiger partial charge in [-0.25, -0.2) is 9.78 Å². The van der Waals surface area contributed by atoms with Gasteiger partial charge < -0.3 is 9.47 Å². The largest absolute Gasteiger partial charge is 0.495 e. The molecule has 0 aliphatic heterocycles. The molecule has 0 radical (unpaired) electrons. The number of nitrogens with zero attached hydrogens (tertiary/aromatic N) is 3. The van der Waals surface area contributed by atoms with Gasteiger partial charge in [-0.1, -0.05) is 30.3 Å². The molecule has 0 unspecified atom stereocenters. The number of pyridine rings is 1. The van der Waals surface area contributed by atoms with Crippen LogP contribution in [0.1, 0.15) is 28.9 Å². The third-order valence-electron chi connectivity index (χ3n) is 3.69. The molecule has 0 fully saturated rings. The number of hydrogen-bond acceptors (Lipinski definition) is 5. The van der Waals surface area contributed by atoms with Crippen LogP contribution in [0.25, 0.3) is 11.0 Å². The van der Waals surface area contributed by atoms with E-state index < -0.39 is 5.97 Å². The zero-order valence-corrected chi connectivity index (χ0v) is 13.2. The van der Waals surface area contributed by atoms with E-state index in [4.69, 9.17) is 9.47 Å². The van der Waals surface area contributed by atoms with E-state index in [1.165, 1.54) is 13.3 Å². The summed E-state index contributed by atoms with van der Waals surface area (Å²) in [7, 11) is 3.30.